The number of piperidine rings is 1. The van der Waals surface area contributed by atoms with Crippen LogP contribution in [0, 0.1) is 5.92 Å². The number of benzene rings is 2. The van der Waals surface area contributed by atoms with Crippen LogP contribution in [0.25, 0.3) is 23.0 Å². The van der Waals surface area contributed by atoms with Gasteiger partial charge in [0.1, 0.15) is 5.69 Å². The van der Waals surface area contributed by atoms with Crippen molar-refractivity contribution in [3.05, 3.63) is 71.3 Å². The number of amides is 1. The van der Waals surface area contributed by atoms with E-state index in [-0.39, 0.29) is 10.8 Å². The molecule has 2 aliphatic rings. The van der Waals surface area contributed by atoms with E-state index in [4.69, 9.17) is 5.10 Å². The molecule has 1 amide bonds. The number of rotatable bonds is 5. The van der Waals surface area contributed by atoms with E-state index in [0.29, 0.717) is 27.6 Å². The molecule has 8 nitrogen and oxygen atoms in total. The third-order valence-electron chi connectivity index (χ3n) is 6.60. The number of aliphatic imine (C=N–C) groups is 1. The van der Waals surface area contributed by atoms with E-state index in [0.717, 1.165) is 36.8 Å². The zero-order valence-electron chi connectivity index (χ0n) is 21.0. The third-order valence-corrected chi connectivity index (χ3v) is 9.45. The SMILES string of the molecule is CC1CCN(C2=NC(=O)C(=Cc3cn(-c4ccccc4)nc3-c3cccc(S(=O)(=O)N(C)C)c3)S2)CC1. The fourth-order valence-corrected chi connectivity index (χ4v) is 6.22. The summed E-state index contributed by atoms with van der Waals surface area (Å²) in [5.74, 6) is 0.424. The van der Waals surface area contributed by atoms with Gasteiger partial charge >= 0.3 is 0 Å². The minimum Gasteiger partial charge on any atom is -0.351 e. The van der Waals surface area contributed by atoms with Crippen molar-refractivity contribution in [2.75, 3.05) is 27.2 Å². The molecule has 37 heavy (non-hydrogen) atoms. The number of sulfonamides is 1. The van der Waals surface area contributed by atoms with E-state index in [1.165, 1.54) is 30.2 Å². The Hall–Kier alpha value is -3.21. The zero-order chi connectivity index (χ0) is 26.2. The van der Waals surface area contributed by atoms with Gasteiger partial charge in [-0.1, -0.05) is 37.3 Å². The number of hydrogen-bond acceptors (Lipinski definition) is 6. The Bertz CT molecular complexity index is 1490. The van der Waals surface area contributed by atoms with Crippen molar-refractivity contribution in [3.63, 3.8) is 0 Å². The lowest BCUT2D eigenvalue weighted by Gasteiger charge is -2.30. The van der Waals surface area contributed by atoms with Crippen LogP contribution in [-0.2, 0) is 14.8 Å². The monoisotopic (exact) mass is 535 g/mol. The van der Waals surface area contributed by atoms with Crippen LogP contribution in [0.4, 0.5) is 0 Å². The van der Waals surface area contributed by atoms with E-state index < -0.39 is 10.0 Å². The summed E-state index contributed by atoms with van der Waals surface area (Å²) in [6.07, 6.45) is 5.85. The Balaban J connectivity index is 1.54. The van der Waals surface area contributed by atoms with Crippen molar-refractivity contribution in [1.29, 1.82) is 0 Å². The summed E-state index contributed by atoms with van der Waals surface area (Å²) in [6, 6.07) is 16.4. The van der Waals surface area contributed by atoms with Gasteiger partial charge in [0.05, 0.1) is 15.5 Å². The van der Waals surface area contributed by atoms with Gasteiger partial charge in [-0.05, 0) is 60.9 Å². The number of thioether (sulfide) groups is 1. The highest BCUT2D eigenvalue weighted by atomic mass is 32.2. The standard InChI is InChI=1S/C27H29N5O3S2/c1-19-12-14-31(15-13-19)27-28-26(33)24(36-27)17-21-18-32(22-9-5-4-6-10-22)29-25(21)20-8-7-11-23(16-20)37(34,35)30(2)3/h4-11,16-19H,12-15H2,1-3H3. The Labute approximate surface area is 221 Å². The molecule has 3 aromatic rings. The summed E-state index contributed by atoms with van der Waals surface area (Å²) in [5.41, 5.74) is 2.80. The molecule has 0 N–H and O–H groups in total. The van der Waals surface area contributed by atoms with Gasteiger partial charge in [0.15, 0.2) is 5.17 Å². The molecule has 2 aromatic carbocycles. The van der Waals surface area contributed by atoms with Crippen LogP contribution in [0.2, 0.25) is 0 Å². The zero-order valence-corrected chi connectivity index (χ0v) is 22.7. The summed E-state index contributed by atoms with van der Waals surface area (Å²) < 4.78 is 28.5. The number of carbonyl (C=O) groups is 1. The number of para-hydroxylation sites is 1. The van der Waals surface area contributed by atoms with Crippen LogP contribution in [0.15, 0.2) is 75.6 Å². The number of aromatic nitrogens is 2. The van der Waals surface area contributed by atoms with Gasteiger partial charge in [-0.15, -0.1) is 0 Å². The maximum atomic E-state index is 12.9. The molecule has 5 rings (SSSR count). The molecule has 0 saturated carbocycles. The molecule has 10 heteroatoms. The second kappa shape index (κ2) is 10.3. The molecule has 0 unspecified atom stereocenters. The number of nitrogens with zero attached hydrogens (tertiary/aromatic N) is 5. The first kappa shape index (κ1) is 25.4. The lowest BCUT2D eigenvalue weighted by molar-refractivity contribution is -0.113. The van der Waals surface area contributed by atoms with Crippen LogP contribution in [0.5, 0.6) is 0 Å². The molecule has 2 aliphatic heterocycles. The predicted octanol–water partition coefficient (Wildman–Crippen LogP) is 4.49. The van der Waals surface area contributed by atoms with Crippen molar-refractivity contribution in [2.24, 2.45) is 10.9 Å². The average Bonchev–Trinajstić information content (AvgIpc) is 3.49. The summed E-state index contributed by atoms with van der Waals surface area (Å²) in [5, 5.41) is 5.55. The van der Waals surface area contributed by atoms with E-state index in [1.807, 2.05) is 48.7 Å². The van der Waals surface area contributed by atoms with E-state index in [9.17, 15) is 13.2 Å². The molecule has 0 bridgehead atoms. The van der Waals surface area contributed by atoms with E-state index in [1.54, 1.807) is 22.9 Å². The van der Waals surface area contributed by atoms with E-state index in [2.05, 4.69) is 16.8 Å². The molecule has 3 heterocycles. The quantitative estimate of drug-likeness (QED) is 0.448. The molecule has 0 spiro atoms. The first-order valence-electron chi connectivity index (χ1n) is 12.2. The van der Waals surface area contributed by atoms with Gasteiger partial charge in [0, 0.05) is 44.5 Å². The fraction of sp³-hybridized carbons (Fsp3) is 0.296. The summed E-state index contributed by atoms with van der Waals surface area (Å²) in [6.45, 7) is 4.05. The van der Waals surface area contributed by atoms with Gasteiger partial charge in [-0.2, -0.15) is 10.1 Å². The smallest absolute Gasteiger partial charge is 0.286 e. The second-order valence-electron chi connectivity index (χ2n) is 9.51. The summed E-state index contributed by atoms with van der Waals surface area (Å²) in [7, 11) is -0.608. The average molecular weight is 536 g/mol. The maximum absolute atomic E-state index is 12.9. The maximum Gasteiger partial charge on any atom is 0.286 e. The van der Waals surface area contributed by atoms with Crippen LogP contribution < -0.4 is 0 Å². The molecular weight excluding hydrogens is 506 g/mol. The van der Waals surface area contributed by atoms with E-state index >= 15 is 0 Å². The van der Waals surface area contributed by atoms with Gasteiger partial charge < -0.3 is 4.90 Å². The fourth-order valence-electron chi connectivity index (χ4n) is 4.32. The molecule has 0 aliphatic carbocycles. The lowest BCUT2D eigenvalue weighted by atomic mass is 10.00. The molecule has 0 radical (unpaired) electrons. The molecular formula is C27H29N5O3S2. The highest BCUT2D eigenvalue weighted by molar-refractivity contribution is 8.18. The Morgan fingerprint density at radius 1 is 1.05 bits per heavy atom. The van der Waals surface area contributed by atoms with Gasteiger partial charge in [-0.25, -0.2) is 17.4 Å². The predicted molar refractivity (Wildman–Crippen MR) is 148 cm³/mol. The van der Waals surface area contributed by atoms with Gasteiger partial charge in [0.25, 0.3) is 5.91 Å². The Kier molecular flexibility index (Phi) is 7.06. The first-order valence-corrected chi connectivity index (χ1v) is 14.4. The molecule has 0 atom stereocenters. The highest BCUT2D eigenvalue weighted by Crippen LogP contribution is 2.35. The van der Waals surface area contributed by atoms with Crippen molar-refractivity contribution < 1.29 is 13.2 Å². The second-order valence-corrected chi connectivity index (χ2v) is 12.7. The van der Waals surface area contributed by atoms with Crippen LogP contribution in [0.1, 0.15) is 25.3 Å². The van der Waals surface area contributed by atoms with Crippen LogP contribution in [0.3, 0.4) is 0 Å². The summed E-state index contributed by atoms with van der Waals surface area (Å²) >= 11 is 1.39. The van der Waals surface area contributed by atoms with Gasteiger partial charge in [0.2, 0.25) is 10.0 Å². The van der Waals surface area contributed by atoms with Crippen LogP contribution in [-0.4, -0.2) is 65.7 Å². The highest BCUT2D eigenvalue weighted by Gasteiger charge is 2.29. The molecule has 1 fully saturated rings. The molecule has 1 saturated heterocycles. The van der Waals surface area contributed by atoms with Crippen molar-refractivity contribution in [3.8, 4) is 16.9 Å². The number of carbonyl (C=O) groups excluding carboxylic acids is 1. The minimum absolute atomic E-state index is 0.180. The minimum atomic E-state index is -3.62. The molecule has 1 aromatic heterocycles. The number of hydrogen-bond donors (Lipinski definition) is 0. The summed E-state index contributed by atoms with van der Waals surface area (Å²) in [4.78, 5) is 20.1. The topological polar surface area (TPSA) is 87.9 Å². The number of amidine groups is 1. The number of likely N-dealkylation sites (tertiary alicyclic amines) is 1. The van der Waals surface area contributed by atoms with Crippen LogP contribution >= 0.6 is 11.8 Å². The lowest BCUT2D eigenvalue weighted by Crippen LogP contribution is -2.35. The largest absolute Gasteiger partial charge is 0.351 e. The first-order chi connectivity index (χ1) is 17.7. The Morgan fingerprint density at radius 2 is 1.78 bits per heavy atom. The Morgan fingerprint density at radius 3 is 2.49 bits per heavy atom. The van der Waals surface area contributed by atoms with Gasteiger partial charge in [-0.3, -0.25) is 4.79 Å². The van der Waals surface area contributed by atoms with Crippen molar-refractivity contribution >= 4 is 38.9 Å². The van der Waals surface area contributed by atoms with Crippen molar-refractivity contribution in [2.45, 2.75) is 24.7 Å². The normalized spacial score (nSPS) is 18.2. The van der Waals surface area contributed by atoms with Crippen molar-refractivity contribution in [1.82, 2.24) is 19.0 Å². The third kappa shape index (κ3) is 5.27. The molecule has 192 valence electrons.